The van der Waals surface area contributed by atoms with Crippen molar-refractivity contribution >= 4 is 21.7 Å². The molecule has 88 valence electrons. The Bertz CT molecular complexity index is 365. The van der Waals surface area contributed by atoms with Gasteiger partial charge < -0.3 is 5.73 Å². The molecule has 0 bridgehead atoms. The third-order valence-corrected chi connectivity index (χ3v) is 3.72. The van der Waals surface area contributed by atoms with E-state index in [0.717, 1.165) is 16.5 Å². The van der Waals surface area contributed by atoms with Crippen molar-refractivity contribution in [1.29, 1.82) is 0 Å². The van der Waals surface area contributed by atoms with E-state index in [1.54, 1.807) is 0 Å². The molecule has 0 saturated heterocycles. The Morgan fingerprint density at radius 1 is 1.44 bits per heavy atom. The van der Waals surface area contributed by atoms with Crippen LogP contribution in [0, 0.1) is 5.92 Å². The molecule has 0 amide bonds. The van der Waals surface area contributed by atoms with Gasteiger partial charge >= 0.3 is 0 Å². The molecule has 1 aromatic rings. The summed E-state index contributed by atoms with van der Waals surface area (Å²) < 4.78 is 0.972. The molecular formula is C13H18BrNO. The maximum atomic E-state index is 11.9. The Hall–Kier alpha value is -0.670. The van der Waals surface area contributed by atoms with Gasteiger partial charge in [0.05, 0.1) is 6.04 Å². The fourth-order valence-electron chi connectivity index (χ4n) is 1.52. The van der Waals surface area contributed by atoms with Crippen LogP contribution < -0.4 is 5.73 Å². The number of carbonyl (C=O) groups is 1. The van der Waals surface area contributed by atoms with E-state index in [9.17, 15) is 4.79 Å². The van der Waals surface area contributed by atoms with Crippen molar-refractivity contribution in [3.63, 3.8) is 0 Å². The molecule has 2 unspecified atom stereocenters. The van der Waals surface area contributed by atoms with Crippen LogP contribution in [0.15, 0.2) is 28.7 Å². The predicted molar refractivity (Wildman–Crippen MR) is 70.3 cm³/mol. The molecule has 16 heavy (non-hydrogen) atoms. The molecule has 0 saturated carbocycles. The summed E-state index contributed by atoms with van der Waals surface area (Å²) in [5, 5.41) is 0. The smallest absolute Gasteiger partial charge is 0.154 e. The van der Waals surface area contributed by atoms with E-state index in [1.807, 2.05) is 31.2 Å². The first-order chi connectivity index (χ1) is 7.56. The van der Waals surface area contributed by atoms with Crippen molar-refractivity contribution in [2.24, 2.45) is 11.7 Å². The summed E-state index contributed by atoms with van der Waals surface area (Å²) in [6, 6.07) is 7.41. The summed E-state index contributed by atoms with van der Waals surface area (Å²) in [7, 11) is 0. The summed E-state index contributed by atoms with van der Waals surface area (Å²) in [5.41, 5.74) is 6.91. The summed E-state index contributed by atoms with van der Waals surface area (Å²) >= 11 is 3.43. The maximum Gasteiger partial charge on any atom is 0.154 e. The molecule has 0 aliphatic heterocycles. The molecule has 0 aliphatic rings. The second-order valence-corrected chi connectivity index (χ2v) is 5.00. The van der Waals surface area contributed by atoms with Gasteiger partial charge in [-0.05, 0) is 17.5 Å². The molecule has 2 N–H and O–H groups in total. The highest BCUT2D eigenvalue weighted by molar-refractivity contribution is 9.10. The lowest BCUT2D eigenvalue weighted by Gasteiger charge is -2.17. The van der Waals surface area contributed by atoms with E-state index in [4.69, 9.17) is 5.73 Å². The van der Waals surface area contributed by atoms with Crippen molar-refractivity contribution < 1.29 is 4.79 Å². The highest BCUT2D eigenvalue weighted by Gasteiger charge is 2.19. The Kier molecular flexibility index (Phi) is 5.16. The van der Waals surface area contributed by atoms with Crippen molar-refractivity contribution in [2.45, 2.75) is 32.7 Å². The minimum atomic E-state index is -0.350. The number of hydrogen-bond acceptors (Lipinski definition) is 2. The van der Waals surface area contributed by atoms with Gasteiger partial charge in [0.1, 0.15) is 0 Å². The molecule has 2 atom stereocenters. The number of hydrogen-bond donors (Lipinski definition) is 1. The van der Waals surface area contributed by atoms with Gasteiger partial charge in [-0.3, -0.25) is 4.79 Å². The van der Waals surface area contributed by atoms with Gasteiger partial charge in [-0.2, -0.15) is 0 Å². The predicted octanol–water partition coefficient (Wildman–Crippen LogP) is 2.93. The molecule has 0 radical (unpaired) electrons. The van der Waals surface area contributed by atoms with E-state index in [0.29, 0.717) is 6.42 Å². The van der Waals surface area contributed by atoms with Gasteiger partial charge in [0.25, 0.3) is 0 Å². The largest absolute Gasteiger partial charge is 0.321 e. The highest BCUT2D eigenvalue weighted by Crippen LogP contribution is 2.18. The summed E-state index contributed by atoms with van der Waals surface area (Å²) in [4.78, 5) is 11.9. The molecule has 0 aliphatic carbocycles. The molecule has 2 nitrogen and oxygen atoms in total. The van der Waals surface area contributed by atoms with Crippen LogP contribution in [0.4, 0.5) is 0 Å². The van der Waals surface area contributed by atoms with Crippen LogP contribution in [0.2, 0.25) is 0 Å². The number of rotatable bonds is 5. The Labute approximate surface area is 105 Å². The van der Waals surface area contributed by atoms with Gasteiger partial charge in [0, 0.05) is 10.9 Å². The molecule has 0 heterocycles. The SMILES string of the molecule is CCC(C)C(N)C(=O)Cc1ccccc1Br. The van der Waals surface area contributed by atoms with E-state index in [-0.39, 0.29) is 17.7 Å². The minimum Gasteiger partial charge on any atom is -0.321 e. The average molecular weight is 284 g/mol. The summed E-state index contributed by atoms with van der Waals surface area (Å²) in [6.07, 6.45) is 1.34. The fourth-order valence-corrected chi connectivity index (χ4v) is 1.94. The monoisotopic (exact) mass is 283 g/mol. The average Bonchev–Trinajstić information content (AvgIpc) is 2.30. The molecule has 3 heteroatoms. The lowest BCUT2D eigenvalue weighted by molar-refractivity contribution is -0.120. The van der Waals surface area contributed by atoms with Crippen LogP contribution in [-0.2, 0) is 11.2 Å². The summed E-state index contributed by atoms with van der Waals surface area (Å²) in [6.45, 7) is 4.07. The zero-order valence-corrected chi connectivity index (χ0v) is 11.3. The number of nitrogens with two attached hydrogens (primary N) is 1. The van der Waals surface area contributed by atoms with Crippen LogP contribution in [0.25, 0.3) is 0 Å². The van der Waals surface area contributed by atoms with E-state index < -0.39 is 0 Å². The molecular weight excluding hydrogens is 266 g/mol. The number of Topliss-reactive ketones (excluding diaryl/α,β-unsaturated/α-hetero) is 1. The normalized spacial score (nSPS) is 14.5. The molecule has 1 rings (SSSR count). The first-order valence-electron chi connectivity index (χ1n) is 5.58. The zero-order valence-electron chi connectivity index (χ0n) is 9.74. The van der Waals surface area contributed by atoms with Crippen molar-refractivity contribution in [1.82, 2.24) is 0 Å². The van der Waals surface area contributed by atoms with Crippen LogP contribution in [0.3, 0.4) is 0 Å². The Morgan fingerprint density at radius 2 is 2.06 bits per heavy atom. The van der Waals surface area contributed by atoms with Crippen molar-refractivity contribution in [2.75, 3.05) is 0 Å². The minimum absolute atomic E-state index is 0.112. The third-order valence-electron chi connectivity index (χ3n) is 2.95. The lowest BCUT2D eigenvalue weighted by Crippen LogP contribution is -2.37. The van der Waals surface area contributed by atoms with Crippen molar-refractivity contribution in [3.05, 3.63) is 34.3 Å². The Morgan fingerprint density at radius 3 is 2.62 bits per heavy atom. The first-order valence-corrected chi connectivity index (χ1v) is 6.37. The van der Waals surface area contributed by atoms with Gasteiger partial charge in [-0.25, -0.2) is 0 Å². The van der Waals surface area contributed by atoms with E-state index in [1.165, 1.54) is 0 Å². The maximum absolute atomic E-state index is 11.9. The standard InChI is InChI=1S/C13H18BrNO/c1-3-9(2)13(15)12(16)8-10-6-4-5-7-11(10)14/h4-7,9,13H,3,8,15H2,1-2H3. The van der Waals surface area contributed by atoms with Crippen LogP contribution in [0.1, 0.15) is 25.8 Å². The van der Waals surface area contributed by atoms with Gasteiger partial charge in [0.15, 0.2) is 5.78 Å². The summed E-state index contributed by atoms with van der Waals surface area (Å²) in [5.74, 6) is 0.358. The number of benzene rings is 1. The first kappa shape index (κ1) is 13.4. The Balaban J connectivity index is 2.68. The van der Waals surface area contributed by atoms with Crippen molar-refractivity contribution in [3.8, 4) is 0 Å². The fraction of sp³-hybridized carbons (Fsp3) is 0.462. The van der Waals surface area contributed by atoms with Gasteiger partial charge in [-0.1, -0.05) is 54.4 Å². The van der Waals surface area contributed by atoms with Gasteiger partial charge in [0.2, 0.25) is 0 Å². The second kappa shape index (κ2) is 6.16. The molecule has 0 fully saturated rings. The van der Waals surface area contributed by atoms with Gasteiger partial charge in [-0.15, -0.1) is 0 Å². The number of carbonyl (C=O) groups excluding carboxylic acids is 1. The molecule has 1 aromatic carbocycles. The van der Waals surface area contributed by atoms with Crippen LogP contribution >= 0.6 is 15.9 Å². The van der Waals surface area contributed by atoms with Crippen LogP contribution in [-0.4, -0.2) is 11.8 Å². The quantitative estimate of drug-likeness (QED) is 0.903. The van der Waals surface area contributed by atoms with E-state index in [2.05, 4.69) is 22.9 Å². The molecule has 0 spiro atoms. The molecule has 0 aromatic heterocycles. The number of halogens is 1. The van der Waals surface area contributed by atoms with Crippen LogP contribution in [0.5, 0.6) is 0 Å². The lowest BCUT2D eigenvalue weighted by atomic mass is 9.93. The van der Waals surface area contributed by atoms with E-state index >= 15 is 0 Å². The number of ketones is 1. The topological polar surface area (TPSA) is 43.1 Å². The zero-order chi connectivity index (χ0) is 12.1. The second-order valence-electron chi connectivity index (χ2n) is 4.15. The third kappa shape index (κ3) is 3.42. The highest BCUT2D eigenvalue weighted by atomic mass is 79.9.